The van der Waals surface area contributed by atoms with Gasteiger partial charge >= 0.3 is 5.97 Å². The summed E-state index contributed by atoms with van der Waals surface area (Å²) in [5.41, 5.74) is 2.45. The summed E-state index contributed by atoms with van der Waals surface area (Å²) in [7, 11) is 0. The quantitative estimate of drug-likeness (QED) is 0.734. The van der Waals surface area contributed by atoms with Crippen LogP contribution in [0.5, 0.6) is 6.01 Å². The minimum Gasteiger partial charge on any atom is -0.478 e. The Bertz CT molecular complexity index is 856. The van der Waals surface area contributed by atoms with Crippen molar-refractivity contribution in [3.05, 3.63) is 58.1 Å². The summed E-state index contributed by atoms with van der Waals surface area (Å²) in [6.07, 6.45) is 0. The molecular weight excluding hydrogens is 360 g/mol. The van der Waals surface area contributed by atoms with Gasteiger partial charge in [0.1, 0.15) is 0 Å². The normalized spacial score (nSPS) is 10.9. The van der Waals surface area contributed by atoms with Gasteiger partial charge in [-0.1, -0.05) is 34.1 Å². The summed E-state index contributed by atoms with van der Waals surface area (Å²) in [6, 6.07) is 13.4. The Labute approximate surface area is 141 Å². The first-order valence-corrected chi connectivity index (χ1v) is 7.99. The number of hydrogen-bond donors (Lipinski definition) is 1. The lowest BCUT2D eigenvalue weighted by Crippen LogP contribution is -2.07. The number of benzene rings is 2. The predicted octanol–water partition coefficient (Wildman–Crippen LogP) is 3.94. The molecule has 0 amide bonds. The van der Waals surface area contributed by atoms with E-state index in [2.05, 4.69) is 20.9 Å². The Kier molecular flexibility index (Phi) is 4.34. The average Bonchev–Trinajstić information content (AvgIpc) is 2.87. The lowest BCUT2D eigenvalue weighted by Gasteiger charge is -2.10. The molecule has 23 heavy (non-hydrogen) atoms. The van der Waals surface area contributed by atoms with Crippen LogP contribution in [0.2, 0.25) is 0 Å². The number of imidazole rings is 1. The Hall–Kier alpha value is -2.34. The molecule has 0 radical (unpaired) electrons. The van der Waals surface area contributed by atoms with Gasteiger partial charge in [0.2, 0.25) is 0 Å². The number of carboxylic acids is 1. The molecule has 0 fully saturated rings. The highest BCUT2D eigenvalue weighted by atomic mass is 79.9. The fourth-order valence-corrected chi connectivity index (χ4v) is 2.76. The lowest BCUT2D eigenvalue weighted by molar-refractivity contribution is 0.0698. The predicted molar refractivity (Wildman–Crippen MR) is 91.1 cm³/mol. The third kappa shape index (κ3) is 3.07. The number of para-hydroxylation sites is 1. The molecule has 5 nitrogen and oxygen atoms in total. The molecule has 1 N–H and O–H groups in total. The number of halogens is 1. The van der Waals surface area contributed by atoms with Gasteiger partial charge in [-0.3, -0.25) is 4.57 Å². The summed E-state index contributed by atoms with van der Waals surface area (Å²) in [6.45, 7) is 2.83. The highest BCUT2D eigenvalue weighted by molar-refractivity contribution is 9.10. The van der Waals surface area contributed by atoms with Gasteiger partial charge in [0, 0.05) is 4.47 Å². The Morgan fingerprint density at radius 2 is 2.00 bits per heavy atom. The van der Waals surface area contributed by atoms with Crippen molar-refractivity contribution in [3.8, 4) is 6.01 Å². The van der Waals surface area contributed by atoms with Crippen molar-refractivity contribution < 1.29 is 14.6 Å². The van der Waals surface area contributed by atoms with Gasteiger partial charge < -0.3 is 9.84 Å². The fourth-order valence-electron chi connectivity index (χ4n) is 2.50. The molecule has 1 heterocycles. The largest absolute Gasteiger partial charge is 0.478 e. The standard InChI is InChI=1S/C17H15BrN2O3/c1-2-23-17-19-14-5-3-4-13(16(21)22)15(14)20(17)10-11-6-8-12(18)9-7-11/h3-9H,2,10H2,1H3,(H,21,22). The topological polar surface area (TPSA) is 64.3 Å². The van der Waals surface area contributed by atoms with E-state index < -0.39 is 5.97 Å². The molecule has 0 atom stereocenters. The smallest absolute Gasteiger partial charge is 0.337 e. The molecule has 118 valence electrons. The van der Waals surface area contributed by atoms with Crippen LogP contribution in [0.1, 0.15) is 22.8 Å². The summed E-state index contributed by atoms with van der Waals surface area (Å²) in [5, 5.41) is 9.46. The second-order valence-electron chi connectivity index (χ2n) is 5.02. The Morgan fingerprint density at radius 3 is 2.65 bits per heavy atom. The maximum atomic E-state index is 11.5. The number of rotatable bonds is 5. The molecule has 0 bridgehead atoms. The second-order valence-corrected chi connectivity index (χ2v) is 5.93. The molecule has 3 aromatic rings. The number of ether oxygens (including phenoxy) is 1. The maximum absolute atomic E-state index is 11.5. The van der Waals surface area contributed by atoms with Crippen molar-refractivity contribution >= 4 is 32.9 Å². The van der Waals surface area contributed by atoms with Gasteiger partial charge in [-0.25, -0.2) is 4.79 Å². The van der Waals surface area contributed by atoms with E-state index in [4.69, 9.17) is 4.74 Å². The molecule has 3 rings (SSSR count). The van der Waals surface area contributed by atoms with Crippen LogP contribution in [0, 0.1) is 0 Å². The first-order chi connectivity index (χ1) is 11.1. The van der Waals surface area contributed by atoms with Gasteiger partial charge in [0.25, 0.3) is 6.01 Å². The molecule has 1 aromatic heterocycles. The zero-order chi connectivity index (χ0) is 16.4. The molecular formula is C17H15BrN2O3. The second kappa shape index (κ2) is 6.42. The third-order valence-electron chi connectivity index (χ3n) is 3.49. The van der Waals surface area contributed by atoms with Crippen molar-refractivity contribution in [2.75, 3.05) is 6.61 Å². The third-order valence-corrected chi connectivity index (χ3v) is 4.02. The van der Waals surface area contributed by atoms with Crippen molar-refractivity contribution in [1.29, 1.82) is 0 Å². The van der Waals surface area contributed by atoms with E-state index >= 15 is 0 Å². The maximum Gasteiger partial charge on any atom is 0.337 e. The number of hydrogen-bond acceptors (Lipinski definition) is 3. The van der Waals surface area contributed by atoms with Crippen LogP contribution in [-0.2, 0) is 6.54 Å². The minimum atomic E-state index is -0.976. The number of nitrogens with zero attached hydrogens (tertiary/aromatic N) is 2. The number of carboxylic acid groups (broad SMARTS) is 1. The summed E-state index contributed by atoms with van der Waals surface area (Å²) in [4.78, 5) is 16.0. The highest BCUT2D eigenvalue weighted by Crippen LogP contribution is 2.26. The number of aromatic carboxylic acids is 1. The van der Waals surface area contributed by atoms with E-state index in [9.17, 15) is 9.90 Å². The summed E-state index contributed by atoms with van der Waals surface area (Å²) < 4.78 is 8.41. The molecule has 0 saturated heterocycles. The molecule has 0 saturated carbocycles. The molecule has 0 spiro atoms. The Balaban J connectivity index is 2.17. The lowest BCUT2D eigenvalue weighted by atomic mass is 10.1. The zero-order valence-corrected chi connectivity index (χ0v) is 14.1. The Morgan fingerprint density at radius 1 is 1.26 bits per heavy atom. The van der Waals surface area contributed by atoms with E-state index in [0.717, 1.165) is 10.0 Å². The molecule has 0 aliphatic rings. The molecule has 0 aliphatic carbocycles. The van der Waals surface area contributed by atoms with Gasteiger partial charge in [-0.05, 0) is 36.8 Å². The monoisotopic (exact) mass is 374 g/mol. The number of aromatic nitrogens is 2. The first kappa shape index (κ1) is 15.6. The van der Waals surface area contributed by atoms with Crippen molar-refractivity contribution in [1.82, 2.24) is 9.55 Å². The minimum absolute atomic E-state index is 0.220. The summed E-state index contributed by atoms with van der Waals surface area (Å²) >= 11 is 3.41. The molecule has 2 aromatic carbocycles. The zero-order valence-electron chi connectivity index (χ0n) is 12.5. The van der Waals surface area contributed by atoms with Crippen molar-refractivity contribution in [3.63, 3.8) is 0 Å². The van der Waals surface area contributed by atoms with Crippen LogP contribution in [0.15, 0.2) is 46.9 Å². The van der Waals surface area contributed by atoms with E-state index in [1.54, 1.807) is 18.2 Å². The van der Waals surface area contributed by atoms with Gasteiger partial charge in [0.05, 0.1) is 29.7 Å². The van der Waals surface area contributed by atoms with Crippen LogP contribution in [-0.4, -0.2) is 27.2 Å². The van der Waals surface area contributed by atoms with Crippen LogP contribution in [0.3, 0.4) is 0 Å². The SMILES string of the molecule is CCOc1nc2cccc(C(=O)O)c2n1Cc1ccc(Br)cc1. The van der Waals surface area contributed by atoms with Crippen LogP contribution in [0.25, 0.3) is 11.0 Å². The number of carbonyl (C=O) groups is 1. The number of fused-ring (bicyclic) bond motifs is 1. The van der Waals surface area contributed by atoms with Crippen molar-refractivity contribution in [2.45, 2.75) is 13.5 Å². The van der Waals surface area contributed by atoms with Crippen LogP contribution >= 0.6 is 15.9 Å². The van der Waals surface area contributed by atoms with E-state index in [1.807, 2.05) is 35.8 Å². The molecule has 6 heteroatoms. The summed E-state index contributed by atoms with van der Waals surface area (Å²) in [5.74, 6) is -0.976. The van der Waals surface area contributed by atoms with E-state index in [-0.39, 0.29) is 5.56 Å². The van der Waals surface area contributed by atoms with Gasteiger partial charge in [-0.2, -0.15) is 4.98 Å². The van der Waals surface area contributed by atoms with Gasteiger partial charge in [0.15, 0.2) is 0 Å². The first-order valence-electron chi connectivity index (χ1n) is 7.20. The molecule has 0 unspecified atom stereocenters. The van der Waals surface area contributed by atoms with E-state index in [1.165, 1.54) is 0 Å². The van der Waals surface area contributed by atoms with Crippen LogP contribution < -0.4 is 4.74 Å². The van der Waals surface area contributed by atoms with Crippen molar-refractivity contribution in [2.24, 2.45) is 0 Å². The van der Waals surface area contributed by atoms with E-state index in [0.29, 0.717) is 30.2 Å². The molecule has 0 aliphatic heterocycles. The van der Waals surface area contributed by atoms with Gasteiger partial charge in [-0.15, -0.1) is 0 Å². The highest BCUT2D eigenvalue weighted by Gasteiger charge is 2.18. The van der Waals surface area contributed by atoms with Crippen LogP contribution in [0.4, 0.5) is 0 Å². The average molecular weight is 375 g/mol. The fraction of sp³-hybridized carbons (Fsp3) is 0.176.